The molecule has 0 fully saturated rings. The molecule has 0 bridgehead atoms. The van der Waals surface area contributed by atoms with Gasteiger partial charge in [-0.3, -0.25) is 0 Å². The molecule has 2 rings (SSSR count). The summed E-state index contributed by atoms with van der Waals surface area (Å²) in [6, 6.07) is 5.52. The average Bonchev–Trinajstić information content (AvgIpc) is 2.67. The molecule has 0 unspecified atom stereocenters. The molecule has 1 heterocycles. The number of hydrogen-bond acceptors (Lipinski definition) is 5. The van der Waals surface area contributed by atoms with E-state index in [2.05, 4.69) is 4.98 Å². The van der Waals surface area contributed by atoms with Gasteiger partial charge in [-0.05, 0) is 25.1 Å². The predicted octanol–water partition coefficient (Wildman–Crippen LogP) is 5.22. The lowest BCUT2D eigenvalue weighted by Crippen LogP contribution is -1.85. The zero-order valence-corrected chi connectivity index (χ0v) is 14.1. The molecule has 2 nitrogen and oxygen atoms in total. The van der Waals surface area contributed by atoms with Crippen molar-refractivity contribution in [3.05, 3.63) is 33.9 Å². The number of nitrogens with zero attached hydrogens (tertiary/aromatic N) is 1. The first-order valence-corrected chi connectivity index (χ1v) is 9.04. The maximum Gasteiger partial charge on any atom is 0.181 e. The predicted molar refractivity (Wildman–Crippen MR) is 89.2 cm³/mol. The molecule has 0 radical (unpaired) electrons. The van der Waals surface area contributed by atoms with Crippen molar-refractivity contribution in [3.8, 4) is 0 Å². The summed E-state index contributed by atoms with van der Waals surface area (Å²) in [6.45, 7) is 1.98. The van der Waals surface area contributed by atoms with Crippen LogP contribution in [0.2, 0.25) is 10.0 Å². The number of benzene rings is 1. The SMILES string of the molecule is Cc1nc(N)sc1SCCSc1cc(Cl)ccc1Cl. The van der Waals surface area contributed by atoms with Crippen LogP contribution in [0.15, 0.2) is 27.3 Å². The highest BCUT2D eigenvalue weighted by molar-refractivity contribution is 8.04. The molecule has 1 aromatic carbocycles. The number of nitrogen functional groups attached to an aromatic ring is 1. The van der Waals surface area contributed by atoms with E-state index in [4.69, 9.17) is 28.9 Å². The summed E-state index contributed by atoms with van der Waals surface area (Å²) in [7, 11) is 0. The van der Waals surface area contributed by atoms with Gasteiger partial charge in [-0.1, -0.05) is 34.5 Å². The molecule has 0 saturated carbocycles. The summed E-state index contributed by atoms with van der Waals surface area (Å²) in [6.07, 6.45) is 0. The number of aromatic nitrogens is 1. The third kappa shape index (κ3) is 4.46. The van der Waals surface area contributed by atoms with Crippen LogP contribution >= 0.6 is 58.1 Å². The Morgan fingerprint density at radius 2 is 2.00 bits per heavy atom. The molecule has 2 aromatic rings. The number of thiazole rings is 1. The number of rotatable bonds is 5. The van der Waals surface area contributed by atoms with Crippen LogP contribution in [0, 0.1) is 6.92 Å². The summed E-state index contributed by atoms with van der Waals surface area (Å²) in [4.78, 5) is 5.23. The molecule has 19 heavy (non-hydrogen) atoms. The number of anilines is 1. The number of nitrogens with two attached hydrogens (primary N) is 1. The average molecular weight is 351 g/mol. The summed E-state index contributed by atoms with van der Waals surface area (Å²) < 4.78 is 1.19. The van der Waals surface area contributed by atoms with Crippen LogP contribution in [0.25, 0.3) is 0 Å². The Kier molecular flexibility index (Phi) is 5.71. The molecule has 1 aromatic heterocycles. The molecule has 102 valence electrons. The maximum atomic E-state index is 6.11. The Bertz CT molecular complexity index is 572. The lowest BCUT2D eigenvalue weighted by molar-refractivity contribution is 1.21. The van der Waals surface area contributed by atoms with Crippen LogP contribution in [0.3, 0.4) is 0 Å². The van der Waals surface area contributed by atoms with Gasteiger partial charge in [-0.25, -0.2) is 4.98 Å². The van der Waals surface area contributed by atoms with Crippen molar-refractivity contribution in [2.24, 2.45) is 0 Å². The molecule has 2 N–H and O–H groups in total. The highest BCUT2D eigenvalue weighted by atomic mass is 35.5. The fourth-order valence-corrected chi connectivity index (χ4v) is 4.98. The Morgan fingerprint density at radius 1 is 1.26 bits per heavy atom. The minimum atomic E-state index is 0.630. The van der Waals surface area contributed by atoms with Crippen LogP contribution in [0.1, 0.15) is 5.69 Å². The van der Waals surface area contributed by atoms with Gasteiger partial charge >= 0.3 is 0 Å². The van der Waals surface area contributed by atoms with Crippen LogP contribution < -0.4 is 5.73 Å². The van der Waals surface area contributed by atoms with E-state index in [0.717, 1.165) is 27.1 Å². The van der Waals surface area contributed by atoms with Gasteiger partial charge < -0.3 is 5.73 Å². The molecular formula is C12H12Cl2N2S3. The largest absolute Gasteiger partial charge is 0.375 e. The highest BCUT2D eigenvalue weighted by Crippen LogP contribution is 2.33. The first kappa shape index (κ1) is 15.3. The minimum absolute atomic E-state index is 0.630. The van der Waals surface area contributed by atoms with E-state index in [1.807, 2.05) is 19.1 Å². The summed E-state index contributed by atoms with van der Waals surface area (Å²) in [5.74, 6) is 1.94. The summed E-state index contributed by atoms with van der Waals surface area (Å²) in [5, 5.41) is 2.09. The van der Waals surface area contributed by atoms with Crippen LogP contribution in [0.4, 0.5) is 5.13 Å². The van der Waals surface area contributed by atoms with Crippen LogP contribution in [-0.4, -0.2) is 16.5 Å². The second kappa shape index (κ2) is 7.09. The molecule has 0 saturated heterocycles. The van der Waals surface area contributed by atoms with Crippen LogP contribution in [-0.2, 0) is 0 Å². The molecule has 0 aliphatic heterocycles. The first-order valence-electron chi connectivity index (χ1n) is 5.50. The van der Waals surface area contributed by atoms with Crippen molar-refractivity contribution < 1.29 is 0 Å². The number of thioether (sulfide) groups is 2. The minimum Gasteiger partial charge on any atom is -0.375 e. The van der Waals surface area contributed by atoms with Gasteiger partial charge in [0.05, 0.1) is 14.9 Å². The third-order valence-corrected chi connectivity index (χ3v) is 6.58. The summed E-state index contributed by atoms with van der Waals surface area (Å²) >= 11 is 17.1. The van der Waals surface area contributed by atoms with Gasteiger partial charge in [0.2, 0.25) is 0 Å². The third-order valence-electron chi connectivity index (χ3n) is 2.24. The van der Waals surface area contributed by atoms with Crippen molar-refractivity contribution in [1.82, 2.24) is 4.98 Å². The fraction of sp³-hybridized carbons (Fsp3) is 0.250. The zero-order valence-electron chi connectivity index (χ0n) is 10.2. The lowest BCUT2D eigenvalue weighted by Gasteiger charge is -2.04. The second-order valence-corrected chi connectivity index (χ2v) is 8.07. The molecule has 0 aliphatic carbocycles. The van der Waals surface area contributed by atoms with Gasteiger partial charge in [0.15, 0.2) is 5.13 Å². The monoisotopic (exact) mass is 350 g/mol. The van der Waals surface area contributed by atoms with E-state index in [0.29, 0.717) is 10.2 Å². The Morgan fingerprint density at radius 3 is 2.68 bits per heavy atom. The number of hydrogen-bond donors (Lipinski definition) is 1. The van der Waals surface area contributed by atoms with Gasteiger partial charge in [0.25, 0.3) is 0 Å². The maximum absolute atomic E-state index is 6.11. The van der Waals surface area contributed by atoms with E-state index in [9.17, 15) is 0 Å². The van der Waals surface area contributed by atoms with E-state index >= 15 is 0 Å². The van der Waals surface area contributed by atoms with Crippen molar-refractivity contribution in [1.29, 1.82) is 0 Å². The van der Waals surface area contributed by atoms with E-state index in [1.54, 1.807) is 29.6 Å². The van der Waals surface area contributed by atoms with E-state index < -0.39 is 0 Å². The van der Waals surface area contributed by atoms with Gasteiger partial charge in [0, 0.05) is 21.4 Å². The Balaban J connectivity index is 1.84. The first-order chi connectivity index (χ1) is 9.06. The molecule has 0 spiro atoms. The zero-order chi connectivity index (χ0) is 13.8. The van der Waals surface area contributed by atoms with E-state index in [1.165, 1.54) is 15.5 Å². The Hall–Kier alpha value is -0.0700. The normalized spacial score (nSPS) is 10.9. The second-order valence-electron chi connectivity index (χ2n) is 3.70. The topological polar surface area (TPSA) is 38.9 Å². The molecule has 0 aliphatic rings. The fourth-order valence-electron chi connectivity index (χ4n) is 1.41. The van der Waals surface area contributed by atoms with Crippen molar-refractivity contribution >= 4 is 63.2 Å². The highest BCUT2D eigenvalue weighted by Gasteiger charge is 2.06. The molecule has 0 amide bonds. The van der Waals surface area contributed by atoms with Gasteiger partial charge in [0.1, 0.15) is 0 Å². The molecule has 7 heteroatoms. The van der Waals surface area contributed by atoms with Crippen molar-refractivity contribution in [2.75, 3.05) is 17.2 Å². The van der Waals surface area contributed by atoms with Crippen molar-refractivity contribution in [2.45, 2.75) is 16.0 Å². The van der Waals surface area contributed by atoms with E-state index in [-0.39, 0.29) is 0 Å². The van der Waals surface area contributed by atoms with Gasteiger partial charge in [-0.2, -0.15) is 0 Å². The standard InChI is InChI=1S/C12H12Cl2N2S3/c1-7-11(19-12(15)16-7)18-5-4-17-10-6-8(13)2-3-9(10)14/h2-3,6H,4-5H2,1H3,(H2,15,16). The summed E-state index contributed by atoms with van der Waals surface area (Å²) in [5.41, 5.74) is 6.68. The smallest absolute Gasteiger partial charge is 0.181 e. The number of aryl methyl sites for hydroxylation is 1. The lowest BCUT2D eigenvalue weighted by atomic mass is 10.4. The number of halogens is 2. The van der Waals surface area contributed by atoms with Crippen LogP contribution in [0.5, 0.6) is 0 Å². The molecular weight excluding hydrogens is 339 g/mol. The molecule has 0 atom stereocenters. The quantitative estimate of drug-likeness (QED) is 0.592. The van der Waals surface area contributed by atoms with Crippen molar-refractivity contribution in [3.63, 3.8) is 0 Å². The Labute approximate surface area is 135 Å². The van der Waals surface area contributed by atoms with Gasteiger partial charge in [-0.15, -0.1) is 23.5 Å².